The van der Waals surface area contributed by atoms with Gasteiger partial charge in [-0.05, 0) is 55.8 Å². The summed E-state index contributed by atoms with van der Waals surface area (Å²) in [6.45, 7) is 2.40. The number of nitro groups is 1. The molecule has 3 rings (SSSR count). The molecular formula is C20H25N3O5S. The highest BCUT2D eigenvalue weighted by Crippen LogP contribution is 2.31. The number of hydrogen-bond acceptors (Lipinski definition) is 7. The largest absolute Gasteiger partial charge is 0.497 e. The molecule has 0 radical (unpaired) electrons. The van der Waals surface area contributed by atoms with Gasteiger partial charge in [0, 0.05) is 18.9 Å². The maximum atomic E-state index is 11.7. The number of likely N-dealkylation sites (tertiary alicyclic amines) is 1. The number of nitrogens with zero attached hydrogens (tertiary/aromatic N) is 2. The van der Waals surface area contributed by atoms with Crippen molar-refractivity contribution < 1.29 is 18.1 Å². The van der Waals surface area contributed by atoms with Gasteiger partial charge in [0.2, 0.25) is 0 Å². The second kappa shape index (κ2) is 8.79. The first-order valence-electron chi connectivity index (χ1n) is 9.40. The number of methoxy groups -OCH3 is 1. The fraction of sp³-hybridized carbons (Fsp3) is 0.400. The van der Waals surface area contributed by atoms with E-state index < -0.39 is 14.8 Å². The first kappa shape index (κ1) is 21.1. The molecule has 0 saturated carbocycles. The van der Waals surface area contributed by atoms with Gasteiger partial charge in [0.1, 0.15) is 11.4 Å². The zero-order valence-corrected chi connectivity index (χ0v) is 17.3. The monoisotopic (exact) mass is 419 g/mol. The fourth-order valence-electron chi connectivity index (χ4n) is 3.59. The highest BCUT2D eigenvalue weighted by Gasteiger charge is 2.25. The maximum Gasteiger partial charge on any atom is 0.293 e. The summed E-state index contributed by atoms with van der Waals surface area (Å²) < 4.78 is 28.7. The van der Waals surface area contributed by atoms with E-state index in [-0.39, 0.29) is 16.6 Å². The second-order valence-corrected chi connectivity index (χ2v) is 9.14. The van der Waals surface area contributed by atoms with Crippen LogP contribution in [0.3, 0.4) is 0 Å². The number of anilines is 1. The summed E-state index contributed by atoms with van der Waals surface area (Å²) in [5.74, 6) is 0.772. The third kappa shape index (κ3) is 5.04. The molecule has 0 aliphatic carbocycles. The molecule has 1 saturated heterocycles. The van der Waals surface area contributed by atoms with Crippen molar-refractivity contribution in [2.24, 2.45) is 0 Å². The van der Waals surface area contributed by atoms with Gasteiger partial charge in [-0.25, -0.2) is 8.42 Å². The predicted molar refractivity (Wildman–Crippen MR) is 111 cm³/mol. The van der Waals surface area contributed by atoms with E-state index in [1.807, 2.05) is 24.3 Å². The summed E-state index contributed by atoms with van der Waals surface area (Å²) in [6, 6.07) is 11.8. The van der Waals surface area contributed by atoms with Crippen LogP contribution in [0.25, 0.3) is 0 Å². The molecule has 0 spiro atoms. The average Bonchev–Trinajstić information content (AvgIpc) is 3.22. The van der Waals surface area contributed by atoms with Gasteiger partial charge in [-0.3, -0.25) is 15.0 Å². The van der Waals surface area contributed by atoms with Crippen LogP contribution in [0.4, 0.5) is 11.4 Å². The quantitative estimate of drug-likeness (QED) is 0.517. The number of nitro benzene ring substituents is 1. The van der Waals surface area contributed by atoms with E-state index in [9.17, 15) is 18.5 Å². The minimum absolute atomic E-state index is 0.0394. The highest BCUT2D eigenvalue weighted by atomic mass is 32.2. The standard InChI is InChI=1S/C20H25N3O5S/c1-28-16-7-5-15(6-8-16)20(22-11-3-4-12-22)14-21-18-10-9-17(29(2,26)27)13-19(18)23(24)25/h5-10,13,20-21H,3-4,11-12,14H2,1-2H3. The van der Waals surface area contributed by atoms with Crippen LogP contribution >= 0.6 is 0 Å². The topological polar surface area (TPSA) is 102 Å². The molecule has 1 fully saturated rings. The number of ether oxygens (including phenoxy) is 1. The number of nitrogens with one attached hydrogen (secondary N) is 1. The van der Waals surface area contributed by atoms with Crippen molar-refractivity contribution >= 4 is 21.2 Å². The highest BCUT2D eigenvalue weighted by molar-refractivity contribution is 7.90. The molecule has 29 heavy (non-hydrogen) atoms. The zero-order valence-electron chi connectivity index (χ0n) is 16.5. The normalized spacial score (nSPS) is 15.8. The lowest BCUT2D eigenvalue weighted by atomic mass is 10.0. The number of sulfone groups is 1. The second-order valence-electron chi connectivity index (χ2n) is 7.12. The Morgan fingerprint density at radius 1 is 1.17 bits per heavy atom. The Bertz CT molecular complexity index is 970. The molecule has 2 aromatic rings. The van der Waals surface area contributed by atoms with Crippen LogP contribution in [0.5, 0.6) is 5.75 Å². The average molecular weight is 420 g/mol. The predicted octanol–water partition coefficient (Wildman–Crippen LogP) is 3.26. The van der Waals surface area contributed by atoms with Crippen molar-refractivity contribution in [3.8, 4) is 5.75 Å². The summed E-state index contributed by atoms with van der Waals surface area (Å²) in [4.78, 5) is 13.2. The van der Waals surface area contributed by atoms with E-state index in [1.54, 1.807) is 7.11 Å². The summed E-state index contributed by atoms with van der Waals surface area (Å²) in [6.07, 6.45) is 3.28. The molecule has 1 N–H and O–H groups in total. The Morgan fingerprint density at radius 2 is 1.83 bits per heavy atom. The molecule has 2 aromatic carbocycles. The van der Waals surface area contributed by atoms with Crippen LogP contribution in [0.2, 0.25) is 0 Å². The van der Waals surface area contributed by atoms with Gasteiger partial charge in [0.05, 0.1) is 23.0 Å². The molecule has 0 amide bonds. The van der Waals surface area contributed by atoms with Gasteiger partial charge in [-0.2, -0.15) is 0 Å². The Balaban J connectivity index is 1.86. The Kier molecular flexibility index (Phi) is 6.39. The fourth-order valence-corrected chi connectivity index (χ4v) is 4.23. The number of rotatable bonds is 8. The van der Waals surface area contributed by atoms with E-state index in [4.69, 9.17) is 4.74 Å². The summed E-state index contributed by atoms with van der Waals surface area (Å²) in [5, 5.41) is 14.7. The molecule has 1 aliphatic rings. The molecule has 9 heteroatoms. The van der Waals surface area contributed by atoms with Gasteiger partial charge in [-0.1, -0.05) is 12.1 Å². The van der Waals surface area contributed by atoms with Crippen LogP contribution in [0, 0.1) is 10.1 Å². The number of hydrogen-bond donors (Lipinski definition) is 1. The first-order valence-corrected chi connectivity index (χ1v) is 11.3. The summed E-state index contributed by atoms with van der Waals surface area (Å²) in [7, 11) is -1.90. The molecule has 0 aromatic heterocycles. The van der Waals surface area contributed by atoms with Crippen molar-refractivity contribution in [1.29, 1.82) is 0 Å². The number of benzene rings is 2. The molecule has 1 unspecified atom stereocenters. The van der Waals surface area contributed by atoms with Crippen LogP contribution in [0.1, 0.15) is 24.4 Å². The van der Waals surface area contributed by atoms with E-state index in [2.05, 4.69) is 10.2 Å². The lowest BCUT2D eigenvalue weighted by Gasteiger charge is -2.28. The van der Waals surface area contributed by atoms with Crippen molar-refractivity contribution in [1.82, 2.24) is 4.90 Å². The van der Waals surface area contributed by atoms with Crippen LogP contribution in [-0.4, -0.2) is 51.2 Å². The van der Waals surface area contributed by atoms with E-state index in [0.717, 1.165) is 49.6 Å². The van der Waals surface area contributed by atoms with Crippen LogP contribution < -0.4 is 10.1 Å². The lowest BCUT2D eigenvalue weighted by molar-refractivity contribution is -0.384. The van der Waals surface area contributed by atoms with Crippen molar-refractivity contribution in [2.75, 3.05) is 38.3 Å². The molecule has 156 valence electrons. The summed E-state index contributed by atoms with van der Waals surface area (Å²) in [5.41, 5.74) is 1.15. The van der Waals surface area contributed by atoms with Gasteiger partial charge in [0.15, 0.2) is 9.84 Å². The maximum absolute atomic E-state index is 11.7. The first-order chi connectivity index (χ1) is 13.8. The van der Waals surface area contributed by atoms with Gasteiger partial charge < -0.3 is 10.1 Å². The third-order valence-corrected chi connectivity index (χ3v) is 6.27. The van der Waals surface area contributed by atoms with Crippen molar-refractivity contribution in [3.05, 3.63) is 58.1 Å². The Morgan fingerprint density at radius 3 is 2.38 bits per heavy atom. The molecule has 8 nitrogen and oxygen atoms in total. The van der Waals surface area contributed by atoms with Crippen molar-refractivity contribution in [3.63, 3.8) is 0 Å². The summed E-state index contributed by atoms with van der Waals surface area (Å²) >= 11 is 0. The molecule has 0 bridgehead atoms. The zero-order chi connectivity index (χ0) is 21.0. The van der Waals surface area contributed by atoms with E-state index in [1.165, 1.54) is 12.1 Å². The Hall–Kier alpha value is -2.65. The van der Waals surface area contributed by atoms with Crippen LogP contribution in [-0.2, 0) is 9.84 Å². The molecule has 1 atom stereocenters. The molecule has 1 heterocycles. The lowest BCUT2D eigenvalue weighted by Crippen LogP contribution is -2.31. The molecule has 1 aliphatic heterocycles. The van der Waals surface area contributed by atoms with Gasteiger partial charge in [0.25, 0.3) is 5.69 Å². The minimum atomic E-state index is -3.52. The van der Waals surface area contributed by atoms with E-state index >= 15 is 0 Å². The van der Waals surface area contributed by atoms with Gasteiger partial charge in [-0.15, -0.1) is 0 Å². The third-order valence-electron chi connectivity index (χ3n) is 5.16. The molecular weight excluding hydrogens is 394 g/mol. The van der Waals surface area contributed by atoms with Crippen molar-refractivity contribution in [2.45, 2.75) is 23.8 Å². The smallest absolute Gasteiger partial charge is 0.293 e. The van der Waals surface area contributed by atoms with Crippen LogP contribution in [0.15, 0.2) is 47.4 Å². The minimum Gasteiger partial charge on any atom is -0.497 e. The van der Waals surface area contributed by atoms with E-state index in [0.29, 0.717) is 12.2 Å². The van der Waals surface area contributed by atoms with Gasteiger partial charge >= 0.3 is 0 Å². The SMILES string of the molecule is COc1ccc(C(CNc2ccc(S(C)(=O)=O)cc2[N+](=O)[O-])N2CCCC2)cc1. The Labute approximate surface area is 170 Å².